The Balaban J connectivity index is 1.22. The van der Waals surface area contributed by atoms with Crippen LogP contribution in [0.4, 0.5) is 4.79 Å². The summed E-state index contributed by atoms with van der Waals surface area (Å²) < 4.78 is 5.54. The van der Waals surface area contributed by atoms with E-state index in [9.17, 15) is 9.59 Å². The molecule has 2 aromatic heterocycles. The van der Waals surface area contributed by atoms with Gasteiger partial charge in [0.25, 0.3) is 5.91 Å². The number of pyridine rings is 1. The second-order valence-corrected chi connectivity index (χ2v) is 7.42. The number of carbonyl (C=O) groups is 2. The van der Waals surface area contributed by atoms with Gasteiger partial charge in [-0.2, -0.15) is 0 Å². The number of hydrogen-bond acceptors (Lipinski definition) is 4. The number of carbonyl (C=O) groups excluding carboxylic acids is 2. The number of rotatable bonds is 6. The van der Waals surface area contributed by atoms with Crippen molar-refractivity contribution < 1.29 is 14.0 Å². The molecule has 4 rings (SSSR count). The average Bonchev–Trinajstić information content (AvgIpc) is 3.07. The molecule has 1 N–H and O–H groups in total. The molecule has 144 valence electrons. The van der Waals surface area contributed by atoms with Gasteiger partial charge in [-0.1, -0.05) is 0 Å². The first-order chi connectivity index (χ1) is 13.1. The number of hydrogen-bond donors (Lipinski definition) is 1. The van der Waals surface area contributed by atoms with Crippen molar-refractivity contribution in [2.24, 2.45) is 17.8 Å². The topological polar surface area (TPSA) is 78.7 Å². The highest BCUT2D eigenvalue weighted by Crippen LogP contribution is 2.53. The van der Waals surface area contributed by atoms with E-state index < -0.39 is 0 Å². The molecule has 3 amide bonds. The predicted octanol–water partition coefficient (Wildman–Crippen LogP) is 2.59. The summed E-state index contributed by atoms with van der Waals surface area (Å²) in [4.78, 5) is 32.5. The molecule has 0 aromatic carbocycles. The second kappa shape index (κ2) is 7.21. The Kier molecular flexibility index (Phi) is 4.76. The molecule has 1 saturated heterocycles. The summed E-state index contributed by atoms with van der Waals surface area (Å²) in [6.07, 6.45) is 4.25. The molecule has 0 spiro atoms. The Morgan fingerprint density at radius 2 is 2.04 bits per heavy atom. The Morgan fingerprint density at radius 1 is 1.30 bits per heavy atom. The van der Waals surface area contributed by atoms with Crippen LogP contribution in [0.1, 0.15) is 30.8 Å². The van der Waals surface area contributed by atoms with Gasteiger partial charge >= 0.3 is 6.03 Å². The molecule has 3 atom stereocenters. The Bertz CT molecular complexity index is 800. The fourth-order valence-electron chi connectivity index (χ4n) is 4.36. The van der Waals surface area contributed by atoms with Crippen molar-refractivity contribution in [2.75, 3.05) is 32.7 Å². The Hall–Kier alpha value is -2.57. The fraction of sp³-hybridized carbons (Fsp3) is 0.550. The smallest absolute Gasteiger partial charge is 0.319 e. The third kappa shape index (κ3) is 3.38. The molecule has 1 aliphatic carbocycles. The van der Waals surface area contributed by atoms with E-state index in [0.29, 0.717) is 35.6 Å². The van der Waals surface area contributed by atoms with Gasteiger partial charge in [0.05, 0.1) is 6.20 Å². The van der Waals surface area contributed by atoms with Crippen molar-refractivity contribution in [1.82, 2.24) is 20.1 Å². The highest BCUT2D eigenvalue weighted by molar-refractivity contribution is 5.95. The molecule has 2 aliphatic rings. The lowest BCUT2D eigenvalue weighted by atomic mass is 10.2. The number of aromatic nitrogens is 1. The number of amides is 3. The van der Waals surface area contributed by atoms with E-state index in [0.717, 1.165) is 38.0 Å². The first-order valence-corrected chi connectivity index (χ1v) is 9.78. The van der Waals surface area contributed by atoms with E-state index in [4.69, 9.17) is 4.42 Å². The van der Waals surface area contributed by atoms with Crippen molar-refractivity contribution in [3.05, 3.63) is 30.3 Å². The normalized spacial score (nSPS) is 23.3. The molecule has 2 fully saturated rings. The zero-order valence-corrected chi connectivity index (χ0v) is 15.9. The van der Waals surface area contributed by atoms with Crippen LogP contribution >= 0.6 is 0 Å². The second-order valence-electron chi connectivity index (χ2n) is 7.42. The van der Waals surface area contributed by atoms with E-state index in [2.05, 4.69) is 10.3 Å². The van der Waals surface area contributed by atoms with Crippen molar-refractivity contribution in [2.45, 2.75) is 20.3 Å². The fourth-order valence-corrected chi connectivity index (χ4v) is 4.36. The van der Waals surface area contributed by atoms with Crippen LogP contribution in [0.3, 0.4) is 0 Å². The van der Waals surface area contributed by atoms with E-state index in [1.165, 1.54) is 0 Å². The average molecular weight is 370 g/mol. The van der Waals surface area contributed by atoms with E-state index in [-0.39, 0.29) is 11.9 Å². The maximum atomic E-state index is 12.4. The summed E-state index contributed by atoms with van der Waals surface area (Å²) in [6, 6.07) is 3.74. The number of nitrogens with zero attached hydrogens (tertiary/aromatic N) is 3. The van der Waals surface area contributed by atoms with Crippen molar-refractivity contribution in [1.29, 1.82) is 0 Å². The zero-order chi connectivity index (χ0) is 19.0. The minimum absolute atomic E-state index is 0.165. The lowest BCUT2D eigenvalue weighted by Crippen LogP contribution is -2.43. The molecular formula is C20H26N4O3. The lowest BCUT2D eigenvalue weighted by molar-refractivity contribution is 0.0926. The highest BCUT2D eigenvalue weighted by Gasteiger charge is 2.56. The van der Waals surface area contributed by atoms with E-state index >= 15 is 0 Å². The van der Waals surface area contributed by atoms with Gasteiger partial charge in [-0.05, 0) is 50.2 Å². The van der Waals surface area contributed by atoms with Crippen LogP contribution in [0.2, 0.25) is 0 Å². The number of nitrogens with one attached hydrogen (secondary N) is 1. The van der Waals surface area contributed by atoms with Gasteiger partial charge in [0.2, 0.25) is 0 Å². The molecule has 7 nitrogen and oxygen atoms in total. The number of likely N-dealkylation sites (tertiary alicyclic amines) is 1. The number of piperidine rings is 1. The summed E-state index contributed by atoms with van der Waals surface area (Å²) in [7, 11) is 0. The van der Waals surface area contributed by atoms with Crippen molar-refractivity contribution in [3.63, 3.8) is 0 Å². The van der Waals surface area contributed by atoms with Gasteiger partial charge in [-0.15, -0.1) is 0 Å². The molecule has 2 unspecified atom stereocenters. The minimum Gasteiger partial charge on any atom is -0.449 e. The Morgan fingerprint density at radius 3 is 2.70 bits per heavy atom. The van der Waals surface area contributed by atoms with Gasteiger partial charge in [0.1, 0.15) is 0 Å². The summed E-state index contributed by atoms with van der Waals surface area (Å²) in [5.74, 6) is 1.95. The third-order valence-corrected chi connectivity index (χ3v) is 5.99. The van der Waals surface area contributed by atoms with Gasteiger partial charge in [-0.3, -0.25) is 9.78 Å². The monoisotopic (exact) mass is 370 g/mol. The maximum absolute atomic E-state index is 12.4. The number of fused-ring (bicyclic) bond motifs is 2. The van der Waals surface area contributed by atoms with Gasteiger partial charge < -0.3 is 19.5 Å². The molecule has 3 heterocycles. The van der Waals surface area contributed by atoms with Crippen LogP contribution in [0, 0.1) is 17.8 Å². The molecule has 27 heavy (non-hydrogen) atoms. The van der Waals surface area contributed by atoms with Crippen LogP contribution in [-0.2, 0) is 0 Å². The van der Waals surface area contributed by atoms with E-state index in [1.807, 2.05) is 29.7 Å². The highest BCUT2D eigenvalue weighted by atomic mass is 16.3. The molecule has 0 radical (unpaired) electrons. The van der Waals surface area contributed by atoms with Crippen molar-refractivity contribution >= 4 is 22.9 Å². The number of furan rings is 1. The molecule has 0 bridgehead atoms. The molecule has 7 heteroatoms. The van der Waals surface area contributed by atoms with Gasteiger partial charge in [0, 0.05) is 44.3 Å². The summed E-state index contributed by atoms with van der Waals surface area (Å²) in [6.45, 7) is 7.90. The summed E-state index contributed by atoms with van der Waals surface area (Å²) in [5.41, 5.74) is 0.623. The van der Waals surface area contributed by atoms with Crippen LogP contribution in [-0.4, -0.2) is 59.4 Å². The van der Waals surface area contributed by atoms with Crippen LogP contribution < -0.4 is 5.32 Å². The van der Waals surface area contributed by atoms with Gasteiger partial charge in [0.15, 0.2) is 11.3 Å². The third-order valence-electron chi connectivity index (χ3n) is 5.99. The SMILES string of the molecule is CCN(CC)C(=O)N1CC2C(CCNC(=O)c3cc4ccncc4o3)[C@H]2C1. The molecular weight excluding hydrogens is 344 g/mol. The molecule has 1 aliphatic heterocycles. The first-order valence-electron chi connectivity index (χ1n) is 9.78. The summed E-state index contributed by atoms with van der Waals surface area (Å²) in [5, 5.41) is 3.83. The largest absolute Gasteiger partial charge is 0.449 e. The minimum atomic E-state index is -0.185. The lowest BCUT2D eigenvalue weighted by Gasteiger charge is -2.27. The van der Waals surface area contributed by atoms with Crippen LogP contribution in [0.15, 0.2) is 28.9 Å². The summed E-state index contributed by atoms with van der Waals surface area (Å²) >= 11 is 0. The Labute approximate surface area is 158 Å². The first kappa shape index (κ1) is 17.8. The predicted molar refractivity (Wildman–Crippen MR) is 101 cm³/mol. The maximum Gasteiger partial charge on any atom is 0.319 e. The van der Waals surface area contributed by atoms with Crippen LogP contribution in [0.5, 0.6) is 0 Å². The molecule has 1 saturated carbocycles. The molecule has 2 aromatic rings. The zero-order valence-electron chi connectivity index (χ0n) is 15.9. The standard InChI is InChI=1S/C20H26N4O3/c1-3-23(4-2)20(26)24-11-15-14(16(15)12-24)6-8-22-19(25)17-9-13-5-7-21-10-18(13)27-17/h5,7,9-10,14-16H,3-4,6,8,11-12H2,1-2H3,(H,22,25)/t14?,15-,16?/m1/s1. The van der Waals surface area contributed by atoms with E-state index in [1.54, 1.807) is 18.5 Å². The quantitative estimate of drug-likeness (QED) is 0.848. The number of urea groups is 1. The van der Waals surface area contributed by atoms with Gasteiger partial charge in [-0.25, -0.2) is 4.79 Å². The van der Waals surface area contributed by atoms with Crippen molar-refractivity contribution in [3.8, 4) is 0 Å². The van der Waals surface area contributed by atoms with Crippen LogP contribution in [0.25, 0.3) is 11.0 Å².